The number of ketones is 1. The van der Waals surface area contributed by atoms with Gasteiger partial charge in [-0.2, -0.15) is 0 Å². The average Bonchev–Trinajstić information content (AvgIpc) is 3.33. The second-order valence-electron chi connectivity index (χ2n) is 7.99. The maximum absolute atomic E-state index is 13.1. The lowest BCUT2D eigenvalue weighted by molar-refractivity contribution is -0.124. The lowest BCUT2D eigenvalue weighted by Crippen LogP contribution is -2.46. The molecule has 3 aromatic rings. The topological polar surface area (TPSA) is 92.8 Å². The SMILES string of the molecule is O=C(NC(=O)[C@@H]1CCCN1CC(=O)c1ccccc1OC(=O)c1ccccc1)c1ccccc1. The van der Waals surface area contributed by atoms with E-state index in [0.717, 1.165) is 6.42 Å². The highest BCUT2D eigenvalue weighted by Gasteiger charge is 2.33. The van der Waals surface area contributed by atoms with Crippen molar-refractivity contribution >= 4 is 23.6 Å². The molecule has 2 amide bonds. The summed E-state index contributed by atoms with van der Waals surface area (Å²) < 4.78 is 5.49. The number of rotatable bonds is 7. The normalized spacial score (nSPS) is 15.5. The Hall–Kier alpha value is -4.10. The van der Waals surface area contributed by atoms with Gasteiger partial charge in [0.2, 0.25) is 5.91 Å². The molecule has 1 atom stereocenters. The predicted octanol–water partition coefficient (Wildman–Crippen LogP) is 3.51. The monoisotopic (exact) mass is 456 g/mol. The lowest BCUT2D eigenvalue weighted by atomic mass is 10.1. The summed E-state index contributed by atoms with van der Waals surface area (Å²) >= 11 is 0. The highest BCUT2D eigenvalue weighted by molar-refractivity contribution is 6.06. The van der Waals surface area contributed by atoms with Crippen molar-refractivity contribution in [1.29, 1.82) is 0 Å². The number of carbonyl (C=O) groups is 4. The molecule has 0 radical (unpaired) electrons. The quantitative estimate of drug-likeness (QED) is 0.253. The number of carbonyl (C=O) groups excluding carboxylic acids is 4. The zero-order chi connectivity index (χ0) is 23.9. The van der Waals surface area contributed by atoms with Crippen molar-refractivity contribution in [2.75, 3.05) is 13.1 Å². The van der Waals surface area contributed by atoms with E-state index in [0.29, 0.717) is 24.1 Å². The first kappa shape index (κ1) is 23.1. The first-order chi connectivity index (χ1) is 16.5. The summed E-state index contributed by atoms with van der Waals surface area (Å²) in [5.74, 6) is -1.56. The van der Waals surface area contributed by atoms with E-state index in [1.807, 2.05) is 0 Å². The van der Waals surface area contributed by atoms with E-state index in [4.69, 9.17) is 4.74 Å². The molecule has 0 aromatic heterocycles. The van der Waals surface area contributed by atoms with Crippen LogP contribution >= 0.6 is 0 Å². The van der Waals surface area contributed by atoms with Gasteiger partial charge >= 0.3 is 5.97 Å². The molecule has 0 spiro atoms. The van der Waals surface area contributed by atoms with Crippen LogP contribution in [0.3, 0.4) is 0 Å². The third-order valence-electron chi connectivity index (χ3n) is 5.69. The number of Topliss-reactive ketones (excluding diaryl/α,β-unsaturated/α-hetero) is 1. The molecule has 7 heteroatoms. The number of esters is 1. The van der Waals surface area contributed by atoms with Crippen LogP contribution in [-0.2, 0) is 4.79 Å². The third-order valence-corrected chi connectivity index (χ3v) is 5.69. The number of likely N-dealkylation sites (tertiary alicyclic amines) is 1. The van der Waals surface area contributed by atoms with Gasteiger partial charge in [0.15, 0.2) is 5.78 Å². The smallest absolute Gasteiger partial charge is 0.343 e. The fraction of sp³-hybridized carbons (Fsp3) is 0.185. The van der Waals surface area contributed by atoms with Crippen molar-refractivity contribution in [1.82, 2.24) is 10.2 Å². The zero-order valence-electron chi connectivity index (χ0n) is 18.5. The van der Waals surface area contributed by atoms with Crippen LogP contribution in [0, 0.1) is 0 Å². The van der Waals surface area contributed by atoms with E-state index < -0.39 is 23.8 Å². The summed E-state index contributed by atoms with van der Waals surface area (Å²) in [6.07, 6.45) is 1.28. The van der Waals surface area contributed by atoms with Crippen LogP contribution in [0.2, 0.25) is 0 Å². The summed E-state index contributed by atoms with van der Waals surface area (Å²) in [4.78, 5) is 52.5. The van der Waals surface area contributed by atoms with Crippen molar-refractivity contribution in [2.45, 2.75) is 18.9 Å². The van der Waals surface area contributed by atoms with Gasteiger partial charge in [0, 0.05) is 5.56 Å². The number of ether oxygens (including phenoxy) is 1. The molecule has 1 saturated heterocycles. The maximum atomic E-state index is 13.1. The van der Waals surface area contributed by atoms with Gasteiger partial charge in [-0.05, 0) is 55.8 Å². The zero-order valence-corrected chi connectivity index (χ0v) is 18.5. The van der Waals surface area contributed by atoms with Gasteiger partial charge < -0.3 is 4.74 Å². The molecule has 1 fully saturated rings. The van der Waals surface area contributed by atoms with E-state index in [1.165, 1.54) is 0 Å². The van der Waals surface area contributed by atoms with E-state index in [9.17, 15) is 19.2 Å². The molecular weight excluding hydrogens is 432 g/mol. The van der Waals surface area contributed by atoms with Gasteiger partial charge in [-0.1, -0.05) is 48.5 Å². The second-order valence-corrected chi connectivity index (χ2v) is 7.99. The number of hydrogen-bond acceptors (Lipinski definition) is 6. The Balaban J connectivity index is 1.42. The third kappa shape index (κ3) is 5.44. The van der Waals surface area contributed by atoms with Crippen LogP contribution in [0.15, 0.2) is 84.9 Å². The number of amides is 2. The highest BCUT2D eigenvalue weighted by Crippen LogP contribution is 2.23. The molecule has 0 aliphatic carbocycles. The summed E-state index contributed by atoms with van der Waals surface area (Å²) in [7, 11) is 0. The molecule has 0 bridgehead atoms. The predicted molar refractivity (Wildman–Crippen MR) is 126 cm³/mol. The molecule has 1 heterocycles. The fourth-order valence-corrected chi connectivity index (χ4v) is 3.96. The average molecular weight is 456 g/mol. The molecule has 4 rings (SSSR count). The minimum absolute atomic E-state index is 0.0302. The van der Waals surface area contributed by atoms with Crippen molar-refractivity contribution in [2.24, 2.45) is 0 Å². The van der Waals surface area contributed by atoms with Gasteiger partial charge in [-0.3, -0.25) is 24.6 Å². The van der Waals surface area contributed by atoms with Crippen LogP contribution < -0.4 is 10.1 Å². The Kier molecular flexibility index (Phi) is 7.25. The van der Waals surface area contributed by atoms with Gasteiger partial charge in [0.25, 0.3) is 5.91 Å². The fourth-order valence-electron chi connectivity index (χ4n) is 3.96. The molecular formula is C27H24N2O5. The van der Waals surface area contributed by atoms with E-state index in [1.54, 1.807) is 89.8 Å². The van der Waals surface area contributed by atoms with Gasteiger partial charge in [0.1, 0.15) is 5.75 Å². The maximum Gasteiger partial charge on any atom is 0.343 e. The van der Waals surface area contributed by atoms with Crippen molar-refractivity contribution in [3.8, 4) is 5.75 Å². The van der Waals surface area contributed by atoms with Gasteiger partial charge in [0.05, 0.1) is 23.7 Å². The van der Waals surface area contributed by atoms with Crippen LogP contribution in [0.25, 0.3) is 0 Å². The van der Waals surface area contributed by atoms with Crippen LogP contribution in [0.5, 0.6) is 5.75 Å². The molecule has 1 aliphatic rings. The molecule has 34 heavy (non-hydrogen) atoms. The second kappa shape index (κ2) is 10.7. The van der Waals surface area contributed by atoms with E-state index >= 15 is 0 Å². The number of nitrogens with one attached hydrogen (secondary N) is 1. The minimum atomic E-state index is -0.587. The first-order valence-corrected chi connectivity index (χ1v) is 11.1. The highest BCUT2D eigenvalue weighted by atomic mass is 16.5. The Labute approximate surface area is 197 Å². The minimum Gasteiger partial charge on any atom is -0.422 e. The molecule has 172 valence electrons. The Morgan fingerprint density at radius 1 is 0.824 bits per heavy atom. The van der Waals surface area contributed by atoms with Crippen molar-refractivity contribution < 1.29 is 23.9 Å². The number of imide groups is 1. The lowest BCUT2D eigenvalue weighted by Gasteiger charge is -2.23. The molecule has 7 nitrogen and oxygen atoms in total. The van der Waals surface area contributed by atoms with Crippen LogP contribution in [0.4, 0.5) is 0 Å². The first-order valence-electron chi connectivity index (χ1n) is 11.1. The Morgan fingerprint density at radius 3 is 2.15 bits per heavy atom. The number of para-hydroxylation sites is 1. The van der Waals surface area contributed by atoms with Gasteiger partial charge in [-0.15, -0.1) is 0 Å². The molecule has 3 aromatic carbocycles. The largest absolute Gasteiger partial charge is 0.422 e. The summed E-state index contributed by atoms with van der Waals surface area (Å²) in [6, 6.07) is 23.0. The summed E-state index contributed by atoms with van der Waals surface area (Å²) in [6.45, 7) is 0.521. The summed E-state index contributed by atoms with van der Waals surface area (Å²) in [5, 5.41) is 2.44. The molecule has 0 saturated carbocycles. The van der Waals surface area contributed by atoms with Crippen LogP contribution in [-0.4, -0.2) is 47.6 Å². The molecule has 0 unspecified atom stereocenters. The molecule has 1 aliphatic heterocycles. The van der Waals surface area contributed by atoms with E-state index in [2.05, 4.69) is 5.32 Å². The number of nitrogens with zero attached hydrogens (tertiary/aromatic N) is 1. The van der Waals surface area contributed by atoms with Crippen molar-refractivity contribution in [3.05, 3.63) is 102 Å². The van der Waals surface area contributed by atoms with Crippen LogP contribution in [0.1, 0.15) is 43.9 Å². The Morgan fingerprint density at radius 2 is 1.44 bits per heavy atom. The Bertz CT molecular complexity index is 1190. The van der Waals surface area contributed by atoms with Crippen molar-refractivity contribution in [3.63, 3.8) is 0 Å². The van der Waals surface area contributed by atoms with E-state index in [-0.39, 0.29) is 23.6 Å². The standard InChI is InChI=1S/C27H24N2O5/c30-23(21-14-7-8-16-24(21)34-27(33)20-12-5-2-6-13-20)18-29-17-9-15-22(29)26(32)28-25(31)19-10-3-1-4-11-19/h1-8,10-14,16,22H,9,15,17-18H2,(H,28,31,32)/t22-/m0/s1. The number of hydrogen-bond donors (Lipinski definition) is 1. The summed E-state index contributed by atoms with van der Waals surface area (Å²) in [5.41, 5.74) is 1.04. The number of benzene rings is 3. The molecule has 1 N–H and O–H groups in total. The van der Waals surface area contributed by atoms with Gasteiger partial charge in [-0.25, -0.2) is 4.79 Å².